The maximum atomic E-state index is 13.2. The molecule has 2 N–H and O–H groups in total. The van der Waals surface area contributed by atoms with Crippen LogP contribution in [0.4, 0.5) is 14.5 Å². The molecule has 0 aliphatic carbocycles. The molecule has 134 valence electrons. The summed E-state index contributed by atoms with van der Waals surface area (Å²) in [5.74, 6) is -2.20. The second-order valence-corrected chi connectivity index (χ2v) is 6.55. The Bertz CT molecular complexity index is 1010. The van der Waals surface area contributed by atoms with Crippen LogP contribution in [0.15, 0.2) is 58.4 Å². The summed E-state index contributed by atoms with van der Waals surface area (Å²) in [5, 5.41) is 2.75. The SMILES string of the molecule is Cc1c[nH]c(=O)n1-c1ccccc1NC(=O)CSc1ccc(F)c(F)c1. The van der Waals surface area contributed by atoms with Crippen molar-refractivity contribution in [3.8, 4) is 5.69 Å². The first kappa shape index (κ1) is 17.9. The van der Waals surface area contributed by atoms with Crippen LogP contribution < -0.4 is 11.0 Å². The smallest absolute Gasteiger partial charge is 0.324 e. The zero-order chi connectivity index (χ0) is 18.7. The van der Waals surface area contributed by atoms with Crippen molar-refractivity contribution in [3.63, 3.8) is 0 Å². The van der Waals surface area contributed by atoms with Gasteiger partial charge >= 0.3 is 5.69 Å². The van der Waals surface area contributed by atoms with Gasteiger partial charge in [-0.15, -0.1) is 11.8 Å². The fraction of sp³-hybridized carbons (Fsp3) is 0.111. The van der Waals surface area contributed by atoms with E-state index >= 15 is 0 Å². The highest BCUT2D eigenvalue weighted by Crippen LogP contribution is 2.23. The highest BCUT2D eigenvalue weighted by Gasteiger charge is 2.12. The molecule has 0 fully saturated rings. The zero-order valence-corrected chi connectivity index (χ0v) is 14.6. The number of amides is 1. The molecule has 8 heteroatoms. The van der Waals surface area contributed by atoms with Crippen molar-refractivity contribution >= 4 is 23.4 Å². The van der Waals surface area contributed by atoms with E-state index in [0.29, 0.717) is 22.0 Å². The largest absolute Gasteiger partial charge is 0.330 e. The lowest BCUT2D eigenvalue weighted by Crippen LogP contribution is -2.20. The Hall–Kier alpha value is -2.87. The Balaban J connectivity index is 1.74. The molecule has 3 aromatic rings. The van der Waals surface area contributed by atoms with Gasteiger partial charge in [0.1, 0.15) is 0 Å². The van der Waals surface area contributed by atoms with Crippen molar-refractivity contribution in [2.24, 2.45) is 0 Å². The number of carbonyl (C=O) groups excluding carboxylic acids is 1. The summed E-state index contributed by atoms with van der Waals surface area (Å²) in [6.07, 6.45) is 1.58. The first-order valence-electron chi connectivity index (χ1n) is 7.70. The Morgan fingerprint density at radius 1 is 1.19 bits per heavy atom. The van der Waals surface area contributed by atoms with Gasteiger partial charge in [0.2, 0.25) is 5.91 Å². The van der Waals surface area contributed by atoms with Crippen LogP contribution in [-0.2, 0) is 4.79 Å². The molecule has 26 heavy (non-hydrogen) atoms. The molecule has 5 nitrogen and oxygen atoms in total. The highest BCUT2D eigenvalue weighted by molar-refractivity contribution is 8.00. The molecule has 0 unspecified atom stereocenters. The van der Waals surface area contributed by atoms with Crippen LogP contribution in [-0.4, -0.2) is 21.2 Å². The van der Waals surface area contributed by atoms with Gasteiger partial charge in [-0.2, -0.15) is 0 Å². The summed E-state index contributed by atoms with van der Waals surface area (Å²) in [6.45, 7) is 1.77. The molecule has 0 aliphatic heterocycles. The standard InChI is InChI=1S/C18H15F2N3O2S/c1-11-9-21-18(25)23(11)16-5-3-2-4-15(16)22-17(24)10-26-12-6-7-13(19)14(20)8-12/h2-9H,10H2,1H3,(H,21,25)(H,22,24). The lowest BCUT2D eigenvalue weighted by molar-refractivity contribution is -0.113. The quantitative estimate of drug-likeness (QED) is 0.671. The van der Waals surface area contributed by atoms with E-state index in [-0.39, 0.29) is 17.3 Å². The molecule has 0 radical (unpaired) electrons. The minimum Gasteiger partial charge on any atom is -0.324 e. The van der Waals surface area contributed by atoms with Crippen LogP contribution in [0, 0.1) is 18.6 Å². The predicted octanol–water partition coefficient (Wildman–Crippen LogP) is 3.48. The van der Waals surface area contributed by atoms with Gasteiger partial charge in [-0.05, 0) is 37.3 Å². The Labute approximate surface area is 152 Å². The van der Waals surface area contributed by atoms with Crippen LogP contribution >= 0.6 is 11.8 Å². The van der Waals surface area contributed by atoms with E-state index in [1.54, 1.807) is 37.4 Å². The predicted molar refractivity (Wildman–Crippen MR) is 96.8 cm³/mol. The van der Waals surface area contributed by atoms with E-state index in [0.717, 1.165) is 23.9 Å². The fourth-order valence-corrected chi connectivity index (χ4v) is 3.15. The third-order valence-electron chi connectivity index (χ3n) is 3.64. The number of thioether (sulfide) groups is 1. The normalized spacial score (nSPS) is 10.7. The minimum absolute atomic E-state index is 0.0143. The average Bonchev–Trinajstić information content (AvgIpc) is 2.95. The van der Waals surface area contributed by atoms with Gasteiger partial charge in [0.25, 0.3) is 0 Å². The molecule has 0 spiro atoms. The molecule has 1 heterocycles. The number of anilines is 1. The van der Waals surface area contributed by atoms with Crippen molar-refractivity contribution in [2.75, 3.05) is 11.1 Å². The topological polar surface area (TPSA) is 66.9 Å². The minimum atomic E-state index is -0.955. The van der Waals surface area contributed by atoms with Gasteiger partial charge in [0.05, 0.1) is 17.1 Å². The maximum absolute atomic E-state index is 13.2. The molecular formula is C18H15F2N3O2S. The van der Waals surface area contributed by atoms with E-state index in [4.69, 9.17) is 0 Å². The molecule has 1 aromatic heterocycles. The van der Waals surface area contributed by atoms with Gasteiger partial charge in [0.15, 0.2) is 11.6 Å². The first-order chi connectivity index (χ1) is 12.5. The third kappa shape index (κ3) is 3.85. The molecule has 0 saturated carbocycles. The summed E-state index contributed by atoms with van der Waals surface area (Å²) in [5.41, 5.74) is 1.42. The molecule has 0 atom stereocenters. The number of benzene rings is 2. The lowest BCUT2D eigenvalue weighted by Gasteiger charge is -2.12. The van der Waals surface area contributed by atoms with Crippen LogP contribution in [0.2, 0.25) is 0 Å². The molecular weight excluding hydrogens is 360 g/mol. The Morgan fingerprint density at radius 2 is 1.96 bits per heavy atom. The number of H-pyrrole nitrogens is 1. The summed E-state index contributed by atoms with van der Waals surface area (Å²) >= 11 is 1.09. The number of imidazole rings is 1. The molecule has 3 rings (SSSR count). The number of aromatic amines is 1. The van der Waals surface area contributed by atoms with E-state index in [1.807, 2.05) is 0 Å². The Kier molecular flexibility index (Phi) is 5.22. The van der Waals surface area contributed by atoms with Crippen molar-refractivity contribution in [1.29, 1.82) is 0 Å². The number of rotatable bonds is 5. The van der Waals surface area contributed by atoms with Gasteiger partial charge in [-0.1, -0.05) is 12.1 Å². The lowest BCUT2D eigenvalue weighted by atomic mass is 10.2. The van der Waals surface area contributed by atoms with Gasteiger partial charge in [0, 0.05) is 16.8 Å². The summed E-state index contributed by atoms with van der Waals surface area (Å²) < 4.78 is 27.6. The second kappa shape index (κ2) is 7.57. The number of carbonyl (C=O) groups is 1. The fourth-order valence-electron chi connectivity index (χ4n) is 2.43. The number of nitrogens with zero attached hydrogens (tertiary/aromatic N) is 1. The van der Waals surface area contributed by atoms with Crippen molar-refractivity contribution in [2.45, 2.75) is 11.8 Å². The van der Waals surface area contributed by atoms with Crippen LogP contribution in [0.5, 0.6) is 0 Å². The summed E-state index contributed by atoms with van der Waals surface area (Å²) in [4.78, 5) is 27.3. The number of aryl methyl sites for hydroxylation is 1. The van der Waals surface area contributed by atoms with Crippen LogP contribution in [0.1, 0.15) is 5.69 Å². The van der Waals surface area contributed by atoms with Crippen molar-refractivity contribution in [1.82, 2.24) is 9.55 Å². The number of aromatic nitrogens is 2. The number of halogens is 2. The third-order valence-corrected chi connectivity index (χ3v) is 4.63. The van der Waals surface area contributed by atoms with Gasteiger partial charge < -0.3 is 10.3 Å². The summed E-state index contributed by atoms with van der Waals surface area (Å²) in [7, 11) is 0. The molecule has 2 aromatic carbocycles. The monoisotopic (exact) mass is 375 g/mol. The Morgan fingerprint density at radius 3 is 2.65 bits per heavy atom. The van der Waals surface area contributed by atoms with E-state index in [9.17, 15) is 18.4 Å². The van der Waals surface area contributed by atoms with Crippen molar-refractivity contribution < 1.29 is 13.6 Å². The van der Waals surface area contributed by atoms with Gasteiger partial charge in [-0.25, -0.2) is 13.6 Å². The van der Waals surface area contributed by atoms with E-state index in [2.05, 4.69) is 10.3 Å². The molecule has 0 saturated heterocycles. The number of para-hydroxylation sites is 2. The van der Waals surface area contributed by atoms with Crippen LogP contribution in [0.25, 0.3) is 5.69 Å². The molecule has 0 aliphatic rings. The van der Waals surface area contributed by atoms with Crippen molar-refractivity contribution in [3.05, 3.63) is 76.5 Å². The second-order valence-electron chi connectivity index (χ2n) is 5.50. The highest BCUT2D eigenvalue weighted by atomic mass is 32.2. The van der Waals surface area contributed by atoms with Gasteiger partial charge in [-0.3, -0.25) is 9.36 Å². The van der Waals surface area contributed by atoms with E-state index < -0.39 is 11.6 Å². The van der Waals surface area contributed by atoms with Crippen LogP contribution in [0.3, 0.4) is 0 Å². The number of hydrogen-bond donors (Lipinski definition) is 2. The summed E-state index contributed by atoms with van der Waals surface area (Å²) in [6, 6.07) is 10.4. The number of hydrogen-bond acceptors (Lipinski definition) is 3. The number of nitrogens with one attached hydrogen (secondary N) is 2. The molecule has 0 bridgehead atoms. The molecule has 1 amide bonds. The zero-order valence-electron chi connectivity index (χ0n) is 13.8. The average molecular weight is 375 g/mol. The maximum Gasteiger partial charge on any atom is 0.330 e. The first-order valence-corrected chi connectivity index (χ1v) is 8.68. The van der Waals surface area contributed by atoms with E-state index in [1.165, 1.54) is 10.6 Å².